The lowest BCUT2D eigenvalue weighted by molar-refractivity contribution is -0.126. The zero-order chi connectivity index (χ0) is 29.3. The van der Waals surface area contributed by atoms with Crippen molar-refractivity contribution in [1.82, 2.24) is 29.7 Å². The fourth-order valence-electron chi connectivity index (χ4n) is 6.43. The Morgan fingerprint density at radius 1 is 1.07 bits per heavy atom. The van der Waals surface area contributed by atoms with Gasteiger partial charge in [-0.1, -0.05) is 6.08 Å². The molecule has 1 amide bonds. The molecule has 1 N–H and O–H groups in total. The topological polar surface area (TPSA) is 86.7 Å². The van der Waals surface area contributed by atoms with Crippen LogP contribution in [0.5, 0.6) is 11.5 Å². The van der Waals surface area contributed by atoms with Gasteiger partial charge in [0.2, 0.25) is 5.91 Å². The van der Waals surface area contributed by atoms with Gasteiger partial charge in [-0.3, -0.25) is 14.7 Å². The molecule has 3 saturated heterocycles. The van der Waals surface area contributed by atoms with E-state index in [1.54, 1.807) is 29.9 Å². The number of benzene rings is 1. The molecule has 0 saturated carbocycles. The minimum Gasteiger partial charge on any atom is -0.455 e. The molecule has 9 nitrogen and oxygen atoms in total. The Labute approximate surface area is 256 Å². The maximum atomic E-state index is 13.2. The summed E-state index contributed by atoms with van der Waals surface area (Å²) >= 11 is 1.66. The van der Waals surface area contributed by atoms with Gasteiger partial charge in [-0.25, -0.2) is 9.97 Å². The summed E-state index contributed by atoms with van der Waals surface area (Å²) in [6, 6.07) is 10.5. The predicted octanol–water partition coefficient (Wildman–Crippen LogP) is 5.46. The molecule has 1 aromatic carbocycles. The summed E-state index contributed by atoms with van der Waals surface area (Å²) in [7, 11) is 0. The normalized spacial score (nSPS) is 20.4. The Hall–Kier alpha value is -3.86. The van der Waals surface area contributed by atoms with E-state index in [1.165, 1.54) is 36.4 Å². The average molecular weight is 596 g/mol. The smallest absolute Gasteiger partial charge is 0.246 e. The monoisotopic (exact) mass is 595 g/mol. The second-order valence-electron chi connectivity index (χ2n) is 11.7. The van der Waals surface area contributed by atoms with Gasteiger partial charge in [0.1, 0.15) is 28.5 Å². The standard InChI is InChI=1S/C33H37N7O2S/c1-22-18-24(6-8-28(22)42-26-7-5-23(2)34-19-26)37-32-31-27-11-15-40(20-29(27)43-33(31)36-21-35-32)30(41)4-3-12-39-17-16-38-13-9-25(39)10-14-38/h3-8,18-19,21,25H,9-17,20H2,1-2H3,(H,35,36,37)/b4-3+. The highest BCUT2D eigenvalue weighted by atomic mass is 32.1. The van der Waals surface area contributed by atoms with Crippen LogP contribution in [0.4, 0.5) is 11.5 Å². The minimum atomic E-state index is 0.0922. The third kappa shape index (κ3) is 6.00. The van der Waals surface area contributed by atoms with Crippen molar-refractivity contribution in [2.45, 2.75) is 45.7 Å². The molecular formula is C33H37N7O2S. The first-order valence-corrected chi connectivity index (χ1v) is 16.0. The van der Waals surface area contributed by atoms with E-state index in [0.717, 1.165) is 64.8 Å². The van der Waals surface area contributed by atoms with Crippen molar-refractivity contribution >= 4 is 39.0 Å². The van der Waals surface area contributed by atoms with E-state index in [2.05, 4.69) is 42.2 Å². The fourth-order valence-corrected chi connectivity index (χ4v) is 7.63. The summed E-state index contributed by atoms with van der Waals surface area (Å²) in [4.78, 5) is 35.9. The maximum absolute atomic E-state index is 13.2. The summed E-state index contributed by atoms with van der Waals surface area (Å²) < 4.78 is 6.05. The van der Waals surface area contributed by atoms with E-state index >= 15 is 0 Å². The second-order valence-corrected chi connectivity index (χ2v) is 12.8. The number of nitrogens with one attached hydrogen (secondary N) is 1. The SMILES string of the molecule is Cc1ccc(Oc2ccc(Nc3ncnc4sc5c(c34)CCN(C(=O)/C=C/CN3CCN4CCC3CC4)C5)cc2C)cn1. The summed E-state index contributed by atoms with van der Waals surface area (Å²) in [6.07, 6.45) is 10.5. The molecule has 0 unspecified atom stereocenters. The number of amides is 1. The van der Waals surface area contributed by atoms with Crippen LogP contribution in [0.15, 0.2) is 55.0 Å². The van der Waals surface area contributed by atoms with E-state index in [0.29, 0.717) is 24.9 Å². The maximum Gasteiger partial charge on any atom is 0.246 e. The molecule has 4 aliphatic rings. The number of fused-ring (bicyclic) bond motifs is 7. The van der Waals surface area contributed by atoms with Crippen molar-refractivity contribution < 1.29 is 9.53 Å². The molecule has 2 bridgehead atoms. The van der Waals surface area contributed by atoms with Crippen LogP contribution in [-0.4, -0.2) is 80.9 Å². The van der Waals surface area contributed by atoms with Crippen molar-refractivity contribution in [3.05, 3.63) is 76.7 Å². The zero-order valence-corrected chi connectivity index (χ0v) is 25.6. The Balaban J connectivity index is 1.03. The van der Waals surface area contributed by atoms with Gasteiger partial charge in [0.05, 0.1) is 18.1 Å². The summed E-state index contributed by atoms with van der Waals surface area (Å²) in [5.74, 6) is 2.38. The van der Waals surface area contributed by atoms with Crippen molar-refractivity contribution in [3.63, 3.8) is 0 Å². The number of anilines is 2. The van der Waals surface area contributed by atoms with Crippen LogP contribution in [0.25, 0.3) is 10.2 Å². The number of aryl methyl sites for hydroxylation is 2. The van der Waals surface area contributed by atoms with Gasteiger partial charge in [-0.05, 0) is 87.7 Å². The number of carbonyl (C=O) groups excluding carboxylic acids is 1. The molecule has 0 radical (unpaired) electrons. The Bertz CT molecular complexity index is 1660. The number of carbonyl (C=O) groups is 1. The van der Waals surface area contributed by atoms with Gasteiger partial charge in [0.25, 0.3) is 0 Å². The van der Waals surface area contributed by atoms with E-state index < -0.39 is 0 Å². The summed E-state index contributed by atoms with van der Waals surface area (Å²) in [5.41, 5.74) is 4.14. The molecule has 8 rings (SSSR count). The highest BCUT2D eigenvalue weighted by Gasteiger charge is 2.29. The number of aromatic nitrogens is 3. The first kappa shape index (κ1) is 27.9. The van der Waals surface area contributed by atoms with Crippen molar-refractivity contribution in [3.8, 4) is 11.5 Å². The van der Waals surface area contributed by atoms with E-state index in [-0.39, 0.29) is 5.91 Å². The molecule has 0 spiro atoms. The Morgan fingerprint density at radius 3 is 2.77 bits per heavy atom. The number of piperidine rings is 1. The molecule has 0 atom stereocenters. The first-order valence-electron chi connectivity index (χ1n) is 15.2. The molecule has 43 heavy (non-hydrogen) atoms. The van der Waals surface area contributed by atoms with Gasteiger partial charge < -0.3 is 19.9 Å². The summed E-state index contributed by atoms with van der Waals surface area (Å²) in [5, 5.41) is 4.58. The van der Waals surface area contributed by atoms with Crippen LogP contribution in [0.3, 0.4) is 0 Å². The molecular weight excluding hydrogens is 558 g/mol. The number of hydrogen-bond acceptors (Lipinski definition) is 9. The van der Waals surface area contributed by atoms with Crippen molar-refractivity contribution in [1.29, 1.82) is 0 Å². The molecule has 4 aliphatic heterocycles. The Kier molecular flexibility index (Phi) is 7.81. The van der Waals surface area contributed by atoms with Crippen LogP contribution >= 0.6 is 11.3 Å². The quantitative estimate of drug-likeness (QED) is 0.282. The first-order chi connectivity index (χ1) is 21.0. The summed E-state index contributed by atoms with van der Waals surface area (Å²) in [6.45, 7) is 10.8. The van der Waals surface area contributed by atoms with Crippen LogP contribution in [0, 0.1) is 13.8 Å². The minimum absolute atomic E-state index is 0.0922. The van der Waals surface area contributed by atoms with Crippen LogP contribution in [0.1, 0.15) is 34.5 Å². The van der Waals surface area contributed by atoms with Crippen molar-refractivity contribution in [2.75, 3.05) is 44.6 Å². The largest absolute Gasteiger partial charge is 0.455 e. The van der Waals surface area contributed by atoms with Crippen LogP contribution < -0.4 is 10.1 Å². The number of rotatable bonds is 7. The van der Waals surface area contributed by atoms with Gasteiger partial charge in [-0.15, -0.1) is 11.3 Å². The highest BCUT2D eigenvalue weighted by Crippen LogP contribution is 2.38. The number of ether oxygens (including phenoxy) is 1. The molecule has 3 fully saturated rings. The van der Waals surface area contributed by atoms with Crippen LogP contribution in [0.2, 0.25) is 0 Å². The highest BCUT2D eigenvalue weighted by molar-refractivity contribution is 7.19. The van der Waals surface area contributed by atoms with Crippen molar-refractivity contribution in [2.24, 2.45) is 0 Å². The van der Waals surface area contributed by atoms with E-state index in [1.807, 2.05) is 43.0 Å². The lowest BCUT2D eigenvalue weighted by Gasteiger charge is -2.30. The molecule has 7 heterocycles. The molecule has 4 aromatic rings. The Morgan fingerprint density at radius 2 is 1.95 bits per heavy atom. The lowest BCUT2D eigenvalue weighted by Crippen LogP contribution is -2.38. The third-order valence-electron chi connectivity index (χ3n) is 8.88. The molecule has 0 aliphatic carbocycles. The number of hydrogen-bond donors (Lipinski definition) is 1. The molecule has 3 aromatic heterocycles. The zero-order valence-electron chi connectivity index (χ0n) is 24.8. The van der Waals surface area contributed by atoms with Gasteiger partial charge in [0, 0.05) is 54.6 Å². The fraction of sp³-hybridized carbons (Fsp3) is 0.394. The van der Waals surface area contributed by atoms with Gasteiger partial charge in [0.15, 0.2) is 0 Å². The molecule has 10 heteroatoms. The lowest BCUT2D eigenvalue weighted by atomic mass is 10.0. The predicted molar refractivity (Wildman–Crippen MR) is 170 cm³/mol. The van der Waals surface area contributed by atoms with E-state index in [4.69, 9.17) is 4.74 Å². The number of nitrogens with zero attached hydrogens (tertiary/aromatic N) is 6. The molecule has 222 valence electrons. The van der Waals surface area contributed by atoms with Crippen LogP contribution in [-0.2, 0) is 17.8 Å². The number of pyridine rings is 1. The third-order valence-corrected chi connectivity index (χ3v) is 10.0. The van der Waals surface area contributed by atoms with Gasteiger partial charge >= 0.3 is 0 Å². The van der Waals surface area contributed by atoms with Gasteiger partial charge in [-0.2, -0.15) is 0 Å². The number of thiophene rings is 1. The van der Waals surface area contributed by atoms with E-state index in [9.17, 15) is 4.79 Å². The average Bonchev–Trinajstić information content (AvgIpc) is 3.15. The second kappa shape index (κ2) is 12.0.